The predicted molar refractivity (Wildman–Crippen MR) is 121 cm³/mol. The Bertz CT molecular complexity index is 1010. The number of amides is 1. The fraction of sp³-hybridized carbons (Fsp3) is 0.478. The molecule has 1 fully saturated rings. The van der Waals surface area contributed by atoms with Gasteiger partial charge in [0.1, 0.15) is 5.75 Å². The zero-order valence-electron chi connectivity index (χ0n) is 18.6. The van der Waals surface area contributed by atoms with Crippen molar-refractivity contribution in [2.24, 2.45) is 0 Å². The Labute approximate surface area is 187 Å². The van der Waals surface area contributed by atoms with Crippen LogP contribution in [0.15, 0.2) is 29.1 Å². The van der Waals surface area contributed by atoms with Gasteiger partial charge in [-0.3, -0.25) is 14.6 Å². The molecule has 0 saturated carbocycles. The molecule has 32 heavy (non-hydrogen) atoms. The van der Waals surface area contributed by atoms with Crippen molar-refractivity contribution in [2.75, 3.05) is 49.3 Å². The number of hydrogen-bond acceptors (Lipinski definition) is 7. The van der Waals surface area contributed by atoms with E-state index in [1.807, 2.05) is 11.8 Å². The number of nitrogens with zero attached hydrogens (tertiary/aromatic N) is 4. The Hall–Kier alpha value is -3.38. The average molecular weight is 440 g/mol. The van der Waals surface area contributed by atoms with Gasteiger partial charge in [-0.05, 0) is 44.5 Å². The molecule has 0 aliphatic carbocycles. The lowest BCUT2D eigenvalue weighted by Crippen LogP contribution is -2.39. The first-order chi connectivity index (χ1) is 15.5. The number of aromatic nitrogens is 2. The van der Waals surface area contributed by atoms with E-state index in [0.717, 1.165) is 5.75 Å². The van der Waals surface area contributed by atoms with Crippen molar-refractivity contribution in [1.29, 1.82) is 5.26 Å². The van der Waals surface area contributed by atoms with Crippen LogP contribution >= 0.6 is 0 Å². The Morgan fingerprint density at radius 2 is 2.03 bits per heavy atom. The number of carbonyl (C=O) groups is 1. The highest BCUT2D eigenvalue weighted by Gasteiger charge is 2.19. The fourth-order valence-corrected chi connectivity index (χ4v) is 3.63. The fourth-order valence-electron chi connectivity index (χ4n) is 3.63. The molecule has 1 N–H and O–H groups in total. The normalized spacial score (nSPS) is 13.5. The summed E-state index contributed by atoms with van der Waals surface area (Å²) in [5, 5.41) is 9.00. The molecule has 2 heterocycles. The molecule has 0 atom stereocenters. The summed E-state index contributed by atoms with van der Waals surface area (Å²) in [7, 11) is 0. The second-order valence-corrected chi connectivity index (χ2v) is 7.43. The molecular weight excluding hydrogens is 410 g/mol. The van der Waals surface area contributed by atoms with Gasteiger partial charge < -0.3 is 19.3 Å². The van der Waals surface area contributed by atoms with Gasteiger partial charge in [-0.25, -0.2) is 4.98 Å². The number of rotatable bonds is 9. The first-order valence-corrected chi connectivity index (χ1v) is 10.9. The first-order valence-electron chi connectivity index (χ1n) is 10.9. The number of hydrogen-bond donors (Lipinski definition) is 1. The highest BCUT2D eigenvalue weighted by atomic mass is 16.5. The number of H-pyrrole nitrogens is 1. The standard InChI is InChI=1S/C23H29N5O4/c1-3-32-19-7-5-18(6-8-19)28(12-4-11-24)21(29)10-9-20-17(2)25-23(26-22(20)30)27-13-15-31-16-14-27/h5-8H,3-4,9-10,12-16H2,1-2H3,(H,25,26,30). The summed E-state index contributed by atoms with van der Waals surface area (Å²) in [5.74, 6) is 1.11. The van der Waals surface area contributed by atoms with Gasteiger partial charge in [-0.15, -0.1) is 0 Å². The molecule has 1 aliphatic rings. The van der Waals surface area contributed by atoms with E-state index >= 15 is 0 Å². The number of carbonyl (C=O) groups excluding carboxylic acids is 1. The number of anilines is 2. The number of benzene rings is 1. The van der Waals surface area contributed by atoms with Crippen LogP contribution in [0.2, 0.25) is 0 Å². The molecule has 0 bridgehead atoms. The summed E-state index contributed by atoms with van der Waals surface area (Å²) in [4.78, 5) is 36.7. The summed E-state index contributed by atoms with van der Waals surface area (Å²) >= 11 is 0. The van der Waals surface area contributed by atoms with Crippen molar-refractivity contribution in [1.82, 2.24) is 9.97 Å². The largest absolute Gasteiger partial charge is 0.494 e. The van der Waals surface area contributed by atoms with Crippen LogP contribution in [-0.4, -0.2) is 55.3 Å². The quantitative estimate of drug-likeness (QED) is 0.637. The van der Waals surface area contributed by atoms with E-state index in [-0.39, 0.29) is 37.3 Å². The number of morpholine rings is 1. The van der Waals surface area contributed by atoms with Crippen molar-refractivity contribution in [3.63, 3.8) is 0 Å². The van der Waals surface area contributed by atoms with E-state index in [1.165, 1.54) is 0 Å². The van der Waals surface area contributed by atoms with Crippen molar-refractivity contribution in [3.8, 4) is 11.8 Å². The minimum atomic E-state index is -0.226. The number of aryl methyl sites for hydroxylation is 1. The van der Waals surface area contributed by atoms with E-state index in [2.05, 4.69) is 16.0 Å². The van der Waals surface area contributed by atoms with Gasteiger partial charge >= 0.3 is 0 Å². The number of aromatic amines is 1. The lowest BCUT2D eigenvalue weighted by molar-refractivity contribution is -0.118. The molecule has 1 aromatic heterocycles. The lowest BCUT2D eigenvalue weighted by Gasteiger charge is -2.27. The summed E-state index contributed by atoms with van der Waals surface area (Å²) in [6, 6.07) is 9.29. The second kappa shape index (κ2) is 11.3. The maximum atomic E-state index is 13.0. The number of nitrogens with one attached hydrogen (secondary N) is 1. The molecule has 170 valence electrons. The zero-order valence-corrected chi connectivity index (χ0v) is 18.6. The molecule has 1 amide bonds. The maximum absolute atomic E-state index is 13.0. The topological polar surface area (TPSA) is 112 Å². The Kier molecular flexibility index (Phi) is 8.22. The van der Waals surface area contributed by atoms with E-state index in [4.69, 9.17) is 14.7 Å². The van der Waals surface area contributed by atoms with Crippen LogP contribution in [0.5, 0.6) is 5.75 Å². The third kappa shape index (κ3) is 5.86. The van der Waals surface area contributed by atoms with E-state index < -0.39 is 0 Å². The molecule has 0 radical (unpaired) electrons. The van der Waals surface area contributed by atoms with Gasteiger partial charge in [0.25, 0.3) is 5.56 Å². The highest BCUT2D eigenvalue weighted by Crippen LogP contribution is 2.21. The Morgan fingerprint density at radius 3 is 2.66 bits per heavy atom. The van der Waals surface area contributed by atoms with Crippen LogP contribution in [0, 0.1) is 18.3 Å². The third-order valence-electron chi connectivity index (χ3n) is 5.32. The van der Waals surface area contributed by atoms with Crippen LogP contribution < -0.4 is 20.1 Å². The van der Waals surface area contributed by atoms with E-state index in [9.17, 15) is 9.59 Å². The van der Waals surface area contributed by atoms with Gasteiger partial charge in [0.15, 0.2) is 0 Å². The average Bonchev–Trinajstić information content (AvgIpc) is 2.80. The summed E-state index contributed by atoms with van der Waals surface area (Å²) < 4.78 is 10.8. The van der Waals surface area contributed by atoms with Crippen LogP contribution in [0.3, 0.4) is 0 Å². The minimum absolute atomic E-state index is 0.140. The third-order valence-corrected chi connectivity index (χ3v) is 5.32. The molecule has 3 rings (SSSR count). The number of nitriles is 1. The molecule has 1 aromatic carbocycles. The maximum Gasteiger partial charge on any atom is 0.255 e. The van der Waals surface area contributed by atoms with Crippen molar-refractivity contribution in [3.05, 3.63) is 45.9 Å². The first kappa shape index (κ1) is 23.3. The van der Waals surface area contributed by atoms with Crippen molar-refractivity contribution in [2.45, 2.75) is 33.1 Å². The van der Waals surface area contributed by atoms with Gasteiger partial charge in [-0.2, -0.15) is 5.26 Å². The molecule has 0 unspecified atom stereocenters. The van der Waals surface area contributed by atoms with Crippen molar-refractivity contribution >= 4 is 17.5 Å². The molecule has 9 heteroatoms. The van der Waals surface area contributed by atoms with Crippen molar-refractivity contribution < 1.29 is 14.3 Å². The predicted octanol–water partition coefficient (Wildman–Crippen LogP) is 2.19. The molecule has 2 aromatic rings. The zero-order chi connectivity index (χ0) is 22.9. The molecule has 0 spiro atoms. The van der Waals surface area contributed by atoms with E-state index in [0.29, 0.717) is 55.8 Å². The van der Waals surface area contributed by atoms with Gasteiger partial charge in [0.2, 0.25) is 11.9 Å². The van der Waals surface area contributed by atoms with Crippen LogP contribution in [-0.2, 0) is 16.0 Å². The summed E-state index contributed by atoms with van der Waals surface area (Å²) in [5.41, 5.74) is 1.59. The highest BCUT2D eigenvalue weighted by molar-refractivity contribution is 5.93. The summed E-state index contributed by atoms with van der Waals surface area (Å²) in [6.45, 7) is 7.09. The van der Waals surface area contributed by atoms with E-state index in [1.54, 1.807) is 36.1 Å². The Balaban J connectivity index is 1.71. The SMILES string of the molecule is CCOc1ccc(N(CCC#N)C(=O)CCc2c(C)nc(N3CCOCC3)[nH]c2=O)cc1. The monoisotopic (exact) mass is 439 g/mol. The summed E-state index contributed by atoms with van der Waals surface area (Å²) in [6.07, 6.45) is 0.631. The smallest absolute Gasteiger partial charge is 0.255 e. The minimum Gasteiger partial charge on any atom is -0.494 e. The molecule has 1 saturated heterocycles. The molecular formula is C23H29N5O4. The van der Waals surface area contributed by atoms with Crippen LogP contribution in [0.4, 0.5) is 11.6 Å². The second-order valence-electron chi connectivity index (χ2n) is 7.43. The molecule has 9 nitrogen and oxygen atoms in total. The van der Waals surface area contributed by atoms with Crippen LogP contribution in [0.25, 0.3) is 0 Å². The van der Waals surface area contributed by atoms with Gasteiger partial charge in [0, 0.05) is 43.0 Å². The Morgan fingerprint density at radius 1 is 1.31 bits per heavy atom. The van der Waals surface area contributed by atoms with Gasteiger partial charge in [-0.1, -0.05) is 0 Å². The van der Waals surface area contributed by atoms with Crippen LogP contribution in [0.1, 0.15) is 31.0 Å². The number of ether oxygens (including phenoxy) is 2. The van der Waals surface area contributed by atoms with Gasteiger partial charge in [0.05, 0.1) is 32.3 Å². The lowest BCUT2D eigenvalue weighted by atomic mass is 10.1. The molecule has 1 aliphatic heterocycles.